The van der Waals surface area contributed by atoms with Crippen LogP contribution in [-0.4, -0.2) is 19.2 Å². The van der Waals surface area contributed by atoms with Crippen molar-refractivity contribution in [1.82, 2.24) is 19.2 Å². The summed E-state index contributed by atoms with van der Waals surface area (Å²) in [7, 11) is 0. The maximum absolute atomic E-state index is 12.8. The predicted molar refractivity (Wildman–Crippen MR) is 116 cm³/mol. The summed E-state index contributed by atoms with van der Waals surface area (Å²) < 4.78 is 10.6. The van der Waals surface area contributed by atoms with Gasteiger partial charge >= 0.3 is 0 Å². The number of fused-ring (bicyclic) bond motifs is 4. The summed E-state index contributed by atoms with van der Waals surface area (Å²) in [6.07, 6.45) is 0. The first kappa shape index (κ1) is 17.9. The molecule has 6 nitrogen and oxygen atoms in total. The second kappa shape index (κ2) is 7.00. The van der Waals surface area contributed by atoms with E-state index in [1.807, 2.05) is 65.9 Å². The molecule has 3 aromatic carbocycles. The van der Waals surface area contributed by atoms with Crippen molar-refractivity contribution >= 4 is 43.4 Å². The lowest BCUT2D eigenvalue weighted by molar-refractivity contribution is 0.295. The highest BCUT2D eigenvalue weighted by atomic mass is 79.9. The Morgan fingerprint density at radius 2 is 1.79 bits per heavy atom. The van der Waals surface area contributed by atoms with Gasteiger partial charge in [-0.25, -0.2) is 0 Å². The molecule has 2 aromatic heterocycles. The lowest BCUT2D eigenvalue weighted by Crippen LogP contribution is -2.22. The number of benzene rings is 3. The Balaban J connectivity index is 1.57. The van der Waals surface area contributed by atoms with Crippen molar-refractivity contribution in [3.05, 3.63) is 81.3 Å². The van der Waals surface area contributed by atoms with Gasteiger partial charge in [-0.15, -0.1) is 10.2 Å². The number of hydrogen-bond acceptors (Lipinski definition) is 4. The quantitative estimate of drug-likeness (QED) is 0.404. The van der Waals surface area contributed by atoms with Gasteiger partial charge in [-0.3, -0.25) is 13.8 Å². The lowest BCUT2D eigenvalue weighted by atomic mass is 10.1. The zero-order valence-corrected chi connectivity index (χ0v) is 17.3. The van der Waals surface area contributed by atoms with Crippen LogP contribution in [-0.2, 0) is 13.2 Å². The molecule has 0 bridgehead atoms. The van der Waals surface area contributed by atoms with Crippen molar-refractivity contribution < 1.29 is 4.74 Å². The van der Waals surface area contributed by atoms with E-state index in [0.29, 0.717) is 23.5 Å². The van der Waals surface area contributed by atoms with Crippen LogP contribution in [0.3, 0.4) is 0 Å². The van der Waals surface area contributed by atoms with Crippen molar-refractivity contribution in [1.29, 1.82) is 0 Å². The first-order valence-corrected chi connectivity index (χ1v) is 10.1. The second-order valence-corrected chi connectivity index (χ2v) is 7.68. The summed E-state index contributed by atoms with van der Waals surface area (Å²) in [5, 5.41) is 11.4. The first-order chi connectivity index (χ1) is 14.2. The van der Waals surface area contributed by atoms with Crippen LogP contribution in [0.1, 0.15) is 12.7 Å². The van der Waals surface area contributed by atoms with E-state index in [9.17, 15) is 4.79 Å². The summed E-state index contributed by atoms with van der Waals surface area (Å²) in [5.41, 5.74) is 0.723. The molecule has 29 heavy (non-hydrogen) atoms. The number of aromatic nitrogens is 4. The highest BCUT2D eigenvalue weighted by Crippen LogP contribution is 2.25. The van der Waals surface area contributed by atoms with Gasteiger partial charge in [0.15, 0.2) is 5.82 Å². The summed E-state index contributed by atoms with van der Waals surface area (Å²) in [5.74, 6) is 1.93. The molecule has 5 rings (SSSR count). The van der Waals surface area contributed by atoms with Gasteiger partial charge in [-0.1, -0.05) is 40.2 Å². The molecule has 7 heteroatoms. The Kier molecular flexibility index (Phi) is 4.32. The van der Waals surface area contributed by atoms with Crippen LogP contribution >= 0.6 is 15.9 Å². The van der Waals surface area contributed by atoms with E-state index >= 15 is 0 Å². The Bertz CT molecular complexity index is 1440. The summed E-state index contributed by atoms with van der Waals surface area (Å²) >= 11 is 3.49. The molecule has 0 saturated heterocycles. The zero-order valence-electron chi connectivity index (χ0n) is 15.7. The molecule has 0 aliphatic rings. The number of rotatable bonds is 4. The number of halogens is 1. The van der Waals surface area contributed by atoms with Gasteiger partial charge in [0.05, 0.1) is 10.9 Å². The fourth-order valence-electron chi connectivity index (χ4n) is 3.63. The van der Waals surface area contributed by atoms with Crippen LogP contribution in [0.15, 0.2) is 69.9 Å². The molecule has 0 amide bonds. The van der Waals surface area contributed by atoms with Crippen molar-refractivity contribution in [2.75, 3.05) is 0 Å². The molecular formula is C22H17BrN4O2. The van der Waals surface area contributed by atoms with E-state index in [-0.39, 0.29) is 12.2 Å². The lowest BCUT2D eigenvalue weighted by Gasteiger charge is -2.10. The van der Waals surface area contributed by atoms with Crippen molar-refractivity contribution in [3.8, 4) is 5.75 Å². The SMILES string of the molecule is CCn1c(=O)c2ccccc2n2c(COc3ccc4cc(Br)ccc4c3)nnc12. The number of aryl methyl sites for hydroxylation is 1. The maximum atomic E-state index is 12.8. The third-order valence-electron chi connectivity index (χ3n) is 5.03. The van der Waals surface area contributed by atoms with Gasteiger partial charge < -0.3 is 4.74 Å². The molecule has 0 aliphatic carbocycles. The van der Waals surface area contributed by atoms with Crippen LogP contribution < -0.4 is 10.3 Å². The molecule has 0 aliphatic heterocycles. The third-order valence-corrected chi connectivity index (χ3v) is 5.53. The average molecular weight is 449 g/mol. The van der Waals surface area contributed by atoms with Crippen LogP contribution in [0.25, 0.3) is 27.5 Å². The third kappa shape index (κ3) is 2.98. The molecule has 0 fully saturated rings. The largest absolute Gasteiger partial charge is 0.486 e. The van der Waals surface area contributed by atoms with E-state index in [4.69, 9.17) is 4.74 Å². The second-order valence-electron chi connectivity index (χ2n) is 6.76. The molecule has 0 unspecified atom stereocenters. The number of ether oxygens (including phenoxy) is 1. The smallest absolute Gasteiger partial charge is 0.262 e. The average Bonchev–Trinajstić information content (AvgIpc) is 3.16. The highest BCUT2D eigenvalue weighted by Gasteiger charge is 2.16. The summed E-state index contributed by atoms with van der Waals surface area (Å²) in [6, 6.07) is 19.6. The van der Waals surface area contributed by atoms with Crippen molar-refractivity contribution in [3.63, 3.8) is 0 Å². The van der Waals surface area contributed by atoms with Gasteiger partial charge in [0.1, 0.15) is 12.4 Å². The van der Waals surface area contributed by atoms with Gasteiger partial charge in [0, 0.05) is 11.0 Å². The zero-order chi connectivity index (χ0) is 20.0. The number of nitrogens with zero attached hydrogens (tertiary/aromatic N) is 4. The molecule has 2 heterocycles. The maximum Gasteiger partial charge on any atom is 0.262 e. The molecule has 144 valence electrons. The summed E-state index contributed by atoms with van der Waals surface area (Å²) in [4.78, 5) is 12.8. The van der Waals surface area contributed by atoms with E-state index in [2.05, 4.69) is 32.2 Å². The van der Waals surface area contributed by atoms with Crippen LogP contribution in [0, 0.1) is 0 Å². The van der Waals surface area contributed by atoms with E-state index in [1.165, 1.54) is 0 Å². The Labute approximate surface area is 174 Å². The van der Waals surface area contributed by atoms with E-state index in [1.54, 1.807) is 4.57 Å². The minimum absolute atomic E-state index is 0.0591. The normalized spacial score (nSPS) is 11.5. The Hall–Kier alpha value is -3.19. The monoisotopic (exact) mass is 448 g/mol. The van der Waals surface area contributed by atoms with Gasteiger partial charge in [0.25, 0.3) is 5.56 Å². The van der Waals surface area contributed by atoms with E-state index < -0.39 is 0 Å². The highest BCUT2D eigenvalue weighted by molar-refractivity contribution is 9.10. The molecule has 0 spiro atoms. The molecule has 5 aromatic rings. The minimum Gasteiger partial charge on any atom is -0.486 e. The predicted octanol–water partition coefficient (Wildman–Crippen LogP) is 4.56. The topological polar surface area (TPSA) is 61.4 Å². The Morgan fingerprint density at radius 1 is 1.00 bits per heavy atom. The van der Waals surface area contributed by atoms with Crippen LogP contribution in [0.4, 0.5) is 0 Å². The Morgan fingerprint density at radius 3 is 2.66 bits per heavy atom. The fraction of sp³-hybridized carbons (Fsp3) is 0.136. The standard InChI is InChI=1S/C22H17BrN4O2/c1-2-26-21(28)18-5-3-4-6-19(18)27-20(24-25-22(26)27)13-29-17-10-8-14-11-16(23)9-7-15(14)12-17/h3-12H,2,13H2,1H3. The van der Waals surface area contributed by atoms with Gasteiger partial charge in [-0.05, 0) is 54.1 Å². The van der Waals surface area contributed by atoms with E-state index in [0.717, 1.165) is 26.5 Å². The van der Waals surface area contributed by atoms with Crippen molar-refractivity contribution in [2.24, 2.45) is 0 Å². The van der Waals surface area contributed by atoms with Gasteiger partial charge in [-0.2, -0.15) is 0 Å². The number of para-hydroxylation sites is 1. The molecule has 0 atom stereocenters. The fourth-order valence-corrected chi connectivity index (χ4v) is 4.00. The van der Waals surface area contributed by atoms with Crippen LogP contribution in [0.5, 0.6) is 5.75 Å². The molecule has 0 radical (unpaired) electrons. The first-order valence-electron chi connectivity index (χ1n) is 9.33. The van der Waals surface area contributed by atoms with Gasteiger partial charge in [0.2, 0.25) is 5.78 Å². The molecule has 0 saturated carbocycles. The molecule has 0 N–H and O–H groups in total. The number of hydrogen-bond donors (Lipinski definition) is 0. The van der Waals surface area contributed by atoms with Crippen molar-refractivity contribution in [2.45, 2.75) is 20.1 Å². The summed E-state index contributed by atoms with van der Waals surface area (Å²) in [6.45, 7) is 2.69. The minimum atomic E-state index is -0.0591. The molecular weight excluding hydrogens is 432 g/mol. The van der Waals surface area contributed by atoms with Crippen LogP contribution in [0.2, 0.25) is 0 Å².